The molecule has 0 bridgehead atoms. The van der Waals surface area contributed by atoms with Gasteiger partial charge in [0.2, 0.25) is 0 Å². The number of aliphatic hydroxyl groups excluding tert-OH is 1. The second kappa shape index (κ2) is 8.31. The molecular formula is C17H33N3O3. The van der Waals surface area contributed by atoms with E-state index in [2.05, 4.69) is 15.1 Å². The SMILES string of the molecule is CC(C)(C)OC(=O)NC1CCN(CCN2CCCC(O)C2)CC1. The van der Waals surface area contributed by atoms with Crippen LogP contribution in [0.25, 0.3) is 0 Å². The predicted molar refractivity (Wildman–Crippen MR) is 90.5 cm³/mol. The molecule has 6 nitrogen and oxygen atoms in total. The van der Waals surface area contributed by atoms with Gasteiger partial charge >= 0.3 is 6.09 Å². The van der Waals surface area contributed by atoms with Gasteiger partial charge in [0.05, 0.1) is 6.10 Å². The number of nitrogens with zero attached hydrogens (tertiary/aromatic N) is 2. The molecule has 0 spiro atoms. The summed E-state index contributed by atoms with van der Waals surface area (Å²) >= 11 is 0. The third kappa shape index (κ3) is 7.06. The molecule has 23 heavy (non-hydrogen) atoms. The molecule has 134 valence electrons. The monoisotopic (exact) mass is 327 g/mol. The number of ether oxygens (including phenoxy) is 1. The van der Waals surface area contributed by atoms with E-state index in [-0.39, 0.29) is 18.2 Å². The van der Waals surface area contributed by atoms with Crippen LogP contribution in [0.15, 0.2) is 0 Å². The second-order valence-corrected chi connectivity index (χ2v) is 7.86. The van der Waals surface area contributed by atoms with Gasteiger partial charge in [-0.25, -0.2) is 4.79 Å². The Labute approximate surface area is 140 Å². The van der Waals surface area contributed by atoms with Crippen LogP contribution in [0.4, 0.5) is 4.79 Å². The Bertz CT molecular complexity index is 376. The molecule has 1 atom stereocenters. The van der Waals surface area contributed by atoms with Crippen molar-refractivity contribution in [1.82, 2.24) is 15.1 Å². The Kier molecular flexibility index (Phi) is 6.68. The van der Waals surface area contributed by atoms with Crippen LogP contribution in [0, 0.1) is 0 Å². The van der Waals surface area contributed by atoms with Gasteiger partial charge in [-0.05, 0) is 53.0 Å². The summed E-state index contributed by atoms with van der Waals surface area (Å²) in [5.41, 5.74) is -0.441. The van der Waals surface area contributed by atoms with E-state index in [1.165, 1.54) is 0 Å². The molecule has 2 fully saturated rings. The normalized spacial score (nSPS) is 25.3. The number of hydrogen-bond donors (Lipinski definition) is 2. The second-order valence-electron chi connectivity index (χ2n) is 7.86. The number of nitrogens with one attached hydrogen (secondary N) is 1. The number of aliphatic hydroxyl groups is 1. The summed E-state index contributed by atoms with van der Waals surface area (Å²) in [4.78, 5) is 16.6. The van der Waals surface area contributed by atoms with Crippen LogP contribution >= 0.6 is 0 Å². The van der Waals surface area contributed by atoms with Crippen molar-refractivity contribution in [2.75, 3.05) is 39.3 Å². The zero-order chi connectivity index (χ0) is 16.9. The first kappa shape index (κ1) is 18.5. The third-order valence-electron chi connectivity index (χ3n) is 4.52. The average molecular weight is 327 g/mol. The van der Waals surface area contributed by atoms with Crippen LogP contribution < -0.4 is 5.32 Å². The molecular weight excluding hydrogens is 294 g/mol. The topological polar surface area (TPSA) is 65.0 Å². The van der Waals surface area contributed by atoms with Crippen molar-refractivity contribution in [1.29, 1.82) is 0 Å². The van der Waals surface area contributed by atoms with Crippen molar-refractivity contribution < 1.29 is 14.6 Å². The lowest BCUT2D eigenvalue weighted by Crippen LogP contribution is -2.48. The number of alkyl carbamates (subject to hydrolysis) is 1. The minimum Gasteiger partial charge on any atom is -0.444 e. The zero-order valence-electron chi connectivity index (χ0n) is 14.9. The summed E-state index contributed by atoms with van der Waals surface area (Å²) in [5.74, 6) is 0. The molecule has 1 amide bonds. The van der Waals surface area contributed by atoms with Crippen LogP contribution in [0.1, 0.15) is 46.5 Å². The minimum atomic E-state index is -0.441. The Morgan fingerprint density at radius 3 is 2.39 bits per heavy atom. The molecule has 2 N–H and O–H groups in total. The maximum Gasteiger partial charge on any atom is 0.407 e. The van der Waals surface area contributed by atoms with E-state index in [0.29, 0.717) is 0 Å². The maximum absolute atomic E-state index is 11.8. The third-order valence-corrected chi connectivity index (χ3v) is 4.52. The molecule has 2 heterocycles. The summed E-state index contributed by atoms with van der Waals surface area (Å²) in [7, 11) is 0. The summed E-state index contributed by atoms with van der Waals surface area (Å²) in [6.45, 7) is 11.7. The van der Waals surface area contributed by atoms with Crippen LogP contribution in [-0.4, -0.2) is 78.0 Å². The summed E-state index contributed by atoms with van der Waals surface area (Å²) in [6.07, 6.45) is 3.54. The first-order valence-corrected chi connectivity index (χ1v) is 8.94. The molecule has 2 rings (SSSR count). The first-order valence-electron chi connectivity index (χ1n) is 8.94. The lowest BCUT2D eigenvalue weighted by atomic mass is 10.0. The fourth-order valence-corrected chi connectivity index (χ4v) is 3.29. The number of hydrogen-bond acceptors (Lipinski definition) is 5. The highest BCUT2D eigenvalue weighted by Crippen LogP contribution is 2.14. The van der Waals surface area contributed by atoms with Gasteiger partial charge in [0.1, 0.15) is 5.60 Å². The highest BCUT2D eigenvalue weighted by atomic mass is 16.6. The number of amides is 1. The molecule has 0 aromatic carbocycles. The van der Waals surface area contributed by atoms with Gasteiger partial charge in [-0.15, -0.1) is 0 Å². The Hall–Kier alpha value is -0.850. The van der Waals surface area contributed by atoms with Crippen molar-refractivity contribution in [2.45, 2.75) is 64.2 Å². The van der Waals surface area contributed by atoms with Crippen LogP contribution in [0.5, 0.6) is 0 Å². The lowest BCUT2D eigenvalue weighted by Gasteiger charge is -2.35. The number of likely N-dealkylation sites (tertiary alicyclic amines) is 2. The molecule has 0 aromatic heterocycles. The van der Waals surface area contributed by atoms with Crippen molar-refractivity contribution >= 4 is 6.09 Å². The number of piperidine rings is 2. The van der Waals surface area contributed by atoms with Crippen LogP contribution in [0.3, 0.4) is 0 Å². The predicted octanol–water partition coefficient (Wildman–Crippen LogP) is 1.43. The van der Waals surface area contributed by atoms with Gasteiger partial charge in [0.15, 0.2) is 0 Å². The van der Waals surface area contributed by atoms with E-state index >= 15 is 0 Å². The Morgan fingerprint density at radius 2 is 1.78 bits per heavy atom. The van der Waals surface area contributed by atoms with E-state index in [4.69, 9.17) is 4.74 Å². The fourth-order valence-electron chi connectivity index (χ4n) is 3.29. The minimum absolute atomic E-state index is 0.146. The van der Waals surface area contributed by atoms with Crippen molar-refractivity contribution in [2.24, 2.45) is 0 Å². The smallest absolute Gasteiger partial charge is 0.407 e. The van der Waals surface area contributed by atoms with E-state index in [0.717, 1.165) is 65.0 Å². The molecule has 0 radical (unpaired) electrons. The zero-order valence-corrected chi connectivity index (χ0v) is 14.9. The van der Waals surface area contributed by atoms with Crippen molar-refractivity contribution in [3.8, 4) is 0 Å². The van der Waals surface area contributed by atoms with Gasteiger partial charge in [-0.1, -0.05) is 0 Å². The molecule has 0 aromatic rings. The largest absolute Gasteiger partial charge is 0.444 e. The average Bonchev–Trinajstić information content (AvgIpc) is 2.44. The number of carbonyl (C=O) groups is 1. The summed E-state index contributed by atoms with van der Waals surface area (Å²) in [6, 6.07) is 0.220. The van der Waals surface area contributed by atoms with Gasteiger partial charge in [0, 0.05) is 38.8 Å². The first-order chi connectivity index (χ1) is 10.8. The Morgan fingerprint density at radius 1 is 1.13 bits per heavy atom. The highest BCUT2D eigenvalue weighted by molar-refractivity contribution is 5.68. The van der Waals surface area contributed by atoms with E-state index in [9.17, 15) is 9.90 Å². The van der Waals surface area contributed by atoms with Crippen LogP contribution in [-0.2, 0) is 4.74 Å². The molecule has 2 aliphatic heterocycles. The number of rotatable bonds is 4. The molecule has 1 unspecified atom stereocenters. The van der Waals surface area contributed by atoms with Crippen LogP contribution in [0.2, 0.25) is 0 Å². The van der Waals surface area contributed by atoms with Gasteiger partial charge in [-0.3, -0.25) is 4.90 Å². The molecule has 0 saturated carbocycles. The number of β-amino-alcohol motifs (C(OH)–C–C–N with tert-alkyl or cyclic N) is 1. The number of carbonyl (C=O) groups excluding carboxylic acids is 1. The molecule has 0 aliphatic carbocycles. The maximum atomic E-state index is 11.8. The standard InChI is InChI=1S/C17H33N3O3/c1-17(2,3)23-16(22)18-14-6-9-19(10-7-14)11-12-20-8-4-5-15(21)13-20/h14-15,21H,4-13H2,1-3H3,(H,18,22). The van der Waals surface area contributed by atoms with Gasteiger partial charge in [0.25, 0.3) is 0 Å². The molecule has 2 aliphatic rings. The van der Waals surface area contributed by atoms with Crippen molar-refractivity contribution in [3.05, 3.63) is 0 Å². The fraction of sp³-hybridized carbons (Fsp3) is 0.941. The Balaban J connectivity index is 1.61. The highest BCUT2D eigenvalue weighted by Gasteiger charge is 2.24. The van der Waals surface area contributed by atoms with Gasteiger partial charge in [-0.2, -0.15) is 0 Å². The van der Waals surface area contributed by atoms with E-state index < -0.39 is 5.60 Å². The van der Waals surface area contributed by atoms with Gasteiger partial charge < -0.3 is 20.1 Å². The van der Waals surface area contributed by atoms with Crippen molar-refractivity contribution in [3.63, 3.8) is 0 Å². The summed E-state index contributed by atoms with van der Waals surface area (Å²) in [5, 5.41) is 12.7. The quantitative estimate of drug-likeness (QED) is 0.818. The lowest BCUT2D eigenvalue weighted by molar-refractivity contribution is 0.0466. The summed E-state index contributed by atoms with van der Waals surface area (Å²) < 4.78 is 5.31. The van der Waals surface area contributed by atoms with E-state index in [1.807, 2.05) is 20.8 Å². The molecule has 6 heteroatoms. The van der Waals surface area contributed by atoms with E-state index in [1.54, 1.807) is 0 Å². The molecule has 2 saturated heterocycles.